The summed E-state index contributed by atoms with van der Waals surface area (Å²) in [4.78, 5) is 34.1. The van der Waals surface area contributed by atoms with Gasteiger partial charge in [0.15, 0.2) is 17.4 Å². The maximum atomic E-state index is 13.8. The van der Waals surface area contributed by atoms with Crippen LogP contribution in [-0.2, 0) is 9.59 Å². The minimum absolute atomic E-state index is 0.207. The van der Waals surface area contributed by atoms with Crippen LogP contribution < -0.4 is 14.6 Å². The average molecular weight is 761 g/mol. The van der Waals surface area contributed by atoms with Crippen molar-refractivity contribution in [3.63, 3.8) is 0 Å². The maximum Gasteiger partial charge on any atom is 0.336 e. The minimum Gasteiger partial charge on any atom is -0.545 e. The van der Waals surface area contributed by atoms with Crippen molar-refractivity contribution in [3.05, 3.63) is 63.8 Å². The second-order valence-corrected chi connectivity index (χ2v) is 8.69. The number of carbonyl (C=O) groups excluding carboxylic acids is 3. The van der Waals surface area contributed by atoms with Gasteiger partial charge in [-0.25, -0.2) is 18.4 Å². The number of carbonyl (C=O) groups is 3. The molecule has 0 N–H and O–H groups in total. The molecule has 0 saturated heterocycles. The van der Waals surface area contributed by atoms with Crippen molar-refractivity contribution in [2.24, 2.45) is 0 Å². The molecule has 0 fully saturated rings. The summed E-state index contributed by atoms with van der Waals surface area (Å²) >= 11 is 5.89. The van der Waals surface area contributed by atoms with Gasteiger partial charge in [-0.2, -0.15) is 8.78 Å². The van der Waals surface area contributed by atoms with Crippen LogP contribution in [0.15, 0.2) is 24.3 Å². The van der Waals surface area contributed by atoms with Crippen LogP contribution in [0.5, 0.6) is 11.5 Å². The molecule has 30 heavy (non-hydrogen) atoms. The Balaban J connectivity index is 2.19. The lowest BCUT2D eigenvalue weighted by molar-refractivity contribution is -0.255. The van der Waals surface area contributed by atoms with E-state index in [-0.39, 0.29) is 5.75 Å². The first kappa shape index (κ1) is 24.8. The molecular weight excluding hydrogens is 757 g/mol. The second kappa shape index (κ2) is 10.2. The highest BCUT2D eigenvalue weighted by Crippen LogP contribution is 2.31. The highest BCUT2D eigenvalue weighted by Gasteiger charge is 2.28. The molecule has 13 heteroatoms. The number of carboxylic acids is 1. The molecule has 6 nitrogen and oxygen atoms in total. The summed E-state index contributed by atoms with van der Waals surface area (Å²) in [5.41, 5.74) is -1.99. The fourth-order valence-corrected chi connectivity index (χ4v) is 5.71. The third kappa shape index (κ3) is 5.59. The van der Waals surface area contributed by atoms with Crippen molar-refractivity contribution in [1.82, 2.24) is 0 Å². The Kier molecular flexibility index (Phi) is 8.43. The van der Waals surface area contributed by atoms with Gasteiger partial charge in [0, 0.05) is 15.7 Å². The van der Waals surface area contributed by atoms with E-state index in [1.165, 1.54) is 0 Å². The predicted octanol–water partition coefficient (Wildman–Crippen LogP) is 3.49. The van der Waals surface area contributed by atoms with Gasteiger partial charge in [0.2, 0.25) is 17.4 Å². The smallest absolute Gasteiger partial charge is 0.336 e. The first-order valence-electron chi connectivity index (χ1n) is 7.27. The molecule has 0 aliphatic rings. The van der Waals surface area contributed by atoms with Gasteiger partial charge in [0.1, 0.15) is 0 Å². The van der Waals surface area contributed by atoms with E-state index in [2.05, 4.69) is 27.3 Å². The lowest BCUT2D eigenvalue weighted by Crippen LogP contribution is -2.27. The van der Waals surface area contributed by atoms with Crippen molar-refractivity contribution >= 4 is 85.7 Å². The van der Waals surface area contributed by atoms with Gasteiger partial charge in [0.05, 0.1) is 18.7 Å². The highest BCUT2D eigenvalue weighted by atomic mass is 127. The number of halogens is 7. The van der Waals surface area contributed by atoms with Crippen LogP contribution >= 0.6 is 67.8 Å². The van der Waals surface area contributed by atoms with E-state index in [4.69, 9.17) is 4.74 Å². The summed E-state index contributed by atoms with van der Waals surface area (Å²) in [5.74, 6) is -15.9. The largest absolute Gasteiger partial charge is 0.545 e. The predicted molar refractivity (Wildman–Crippen MR) is 116 cm³/mol. The average Bonchev–Trinajstić information content (AvgIpc) is 2.64. The Morgan fingerprint density at radius 3 is 1.57 bits per heavy atom. The molecule has 0 saturated carbocycles. The van der Waals surface area contributed by atoms with Crippen molar-refractivity contribution in [3.8, 4) is 11.5 Å². The van der Waals surface area contributed by atoms with Gasteiger partial charge in [-0.15, -0.1) is 0 Å². The summed E-state index contributed by atoms with van der Waals surface area (Å²) in [6.45, 7) is 0. The first-order chi connectivity index (χ1) is 13.9. The third-order valence-corrected chi connectivity index (χ3v) is 5.38. The standard InChI is InChI=1S/C17H5F4I3O6/c18-11-10(17(27)28)12(19)14(21)16(13(11)20)30-9(26)2-1-8(25)29-15-6(23)3-5(22)4-7(15)24/h1-4H,(H,27,28)/p-1/b2-1-. The van der Waals surface area contributed by atoms with Crippen LogP contribution in [0.2, 0.25) is 0 Å². The number of aromatic carboxylic acids is 1. The zero-order chi connectivity index (χ0) is 22.7. The summed E-state index contributed by atoms with van der Waals surface area (Å²) < 4.78 is 66.0. The number of hydrogen-bond donors (Lipinski definition) is 0. The van der Waals surface area contributed by atoms with Gasteiger partial charge in [0.25, 0.3) is 0 Å². The molecule has 0 unspecified atom stereocenters. The number of rotatable bonds is 5. The van der Waals surface area contributed by atoms with Crippen LogP contribution in [0.25, 0.3) is 0 Å². The molecule has 2 aromatic carbocycles. The van der Waals surface area contributed by atoms with E-state index in [0.29, 0.717) is 19.3 Å². The quantitative estimate of drug-likeness (QED) is 0.116. The first-order valence-corrected chi connectivity index (χ1v) is 10.5. The van der Waals surface area contributed by atoms with Crippen LogP contribution in [0.4, 0.5) is 17.6 Å². The molecule has 0 atom stereocenters. The van der Waals surface area contributed by atoms with Crippen LogP contribution in [0, 0.1) is 34.0 Å². The monoisotopic (exact) mass is 761 g/mol. The lowest BCUT2D eigenvalue weighted by atomic mass is 10.1. The zero-order valence-corrected chi connectivity index (χ0v) is 20.4. The Bertz CT molecular complexity index is 1050. The summed E-state index contributed by atoms with van der Waals surface area (Å²) in [6.07, 6.45) is 0.959. The van der Waals surface area contributed by atoms with Crippen molar-refractivity contribution < 1.29 is 46.5 Å². The molecule has 0 bridgehead atoms. The van der Waals surface area contributed by atoms with E-state index >= 15 is 0 Å². The number of esters is 2. The fourth-order valence-electron chi connectivity index (χ4n) is 1.91. The highest BCUT2D eigenvalue weighted by molar-refractivity contribution is 14.1. The Hall–Kier alpha value is -1.50. The number of carboxylic acid groups (broad SMARTS) is 1. The zero-order valence-electron chi connectivity index (χ0n) is 13.9. The molecule has 0 aromatic heterocycles. The molecule has 0 aliphatic heterocycles. The Morgan fingerprint density at radius 1 is 0.767 bits per heavy atom. The number of hydrogen-bond acceptors (Lipinski definition) is 6. The van der Waals surface area contributed by atoms with Gasteiger partial charge < -0.3 is 19.4 Å². The molecule has 2 rings (SSSR count). The molecule has 0 amide bonds. The van der Waals surface area contributed by atoms with Gasteiger partial charge in [-0.3, -0.25) is 0 Å². The van der Waals surface area contributed by atoms with E-state index in [1.54, 1.807) is 12.1 Å². The fraction of sp³-hybridized carbons (Fsp3) is 0. The SMILES string of the molecule is O=C(/C=C\C(=O)Oc1c(F)c(F)c(C(=O)[O-])c(F)c1F)Oc1c(I)cc(I)cc1I. The van der Waals surface area contributed by atoms with Crippen molar-refractivity contribution in [2.45, 2.75) is 0 Å². The summed E-state index contributed by atoms with van der Waals surface area (Å²) in [6, 6.07) is 3.43. The molecule has 0 aliphatic carbocycles. The van der Waals surface area contributed by atoms with Gasteiger partial charge in [-0.05, 0) is 79.9 Å². The Morgan fingerprint density at radius 2 is 1.17 bits per heavy atom. The van der Waals surface area contributed by atoms with Crippen LogP contribution in [0.1, 0.15) is 10.4 Å². The molecular formula is C17H4F4I3O6-. The van der Waals surface area contributed by atoms with Crippen LogP contribution in [0.3, 0.4) is 0 Å². The normalized spacial score (nSPS) is 10.9. The van der Waals surface area contributed by atoms with E-state index in [9.17, 15) is 37.1 Å². The topological polar surface area (TPSA) is 92.7 Å². The second-order valence-electron chi connectivity index (χ2n) is 5.12. The molecule has 0 spiro atoms. The summed E-state index contributed by atoms with van der Waals surface area (Å²) in [7, 11) is 0. The lowest BCUT2D eigenvalue weighted by Gasteiger charge is -2.11. The number of benzene rings is 2. The maximum absolute atomic E-state index is 13.8. The van der Waals surface area contributed by atoms with Crippen LogP contribution in [-0.4, -0.2) is 17.9 Å². The van der Waals surface area contributed by atoms with Crippen molar-refractivity contribution in [1.29, 1.82) is 0 Å². The molecule has 0 heterocycles. The molecule has 158 valence electrons. The third-order valence-electron chi connectivity index (χ3n) is 3.15. The molecule has 2 aromatic rings. The van der Waals surface area contributed by atoms with E-state index in [1.807, 2.05) is 45.2 Å². The van der Waals surface area contributed by atoms with Gasteiger partial charge in [-0.1, -0.05) is 0 Å². The minimum atomic E-state index is -2.51. The van der Waals surface area contributed by atoms with E-state index < -0.39 is 52.5 Å². The Labute approximate surface area is 206 Å². The van der Waals surface area contributed by atoms with Crippen molar-refractivity contribution in [2.75, 3.05) is 0 Å². The van der Waals surface area contributed by atoms with Gasteiger partial charge >= 0.3 is 11.9 Å². The van der Waals surface area contributed by atoms with E-state index in [0.717, 1.165) is 3.57 Å². The number of ether oxygens (including phenoxy) is 2. The molecule has 0 radical (unpaired) electrons. The summed E-state index contributed by atoms with van der Waals surface area (Å²) in [5, 5.41) is 10.6.